The maximum Gasteiger partial charge on any atom is 0.227 e. The lowest BCUT2D eigenvalue weighted by atomic mass is 10.0. The zero-order chi connectivity index (χ0) is 17.9. The number of nitrogens with zero attached hydrogens (tertiary/aromatic N) is 1. The number of hydrogen-bond acceptors (Lipinski definition) is 3. The van der Waals surface area contributed by atoms with Gasteiger partial charge in [-0.1, -0.05) is 50.2 Å². The molecule has 0 bridgehead atoms. The van der Waals surface area contributed by atoms with Gasteiger partial charge < -0.3 is 9.15 Å². The van der Waals surface area contributed by atoms with Crippen molar-refractivity contribution in [3.05, 3.63) is 83.9 Å². The molecule has 4 aromatic rings. The molecular formula is C23H21NO2. The average molecular weight is 343 g/mol. The molecule has 3 heteroatoms. The Balaban J connectivity index is 1.52. The van der Waals surface area contributed by atoms with E-state index in [1.54, 1.807) is 0 Å². The fourth-order valence-electron chi connectivity index (χ4n) is 2.86. The van der Waals surface area contributed by atoms with Crippen LogP contribution in [-0.2, 0) is 6.61 Å². The average Bonchev–Trinajstić information content (AvgIpc) is 3.11. The van der Waals surface area contributed by atoms with Crippen molar-refractivity contribution >= 4 is 11.1 Å². The summed E-state index contributed by atoms with van der Waals surface area (Å²) < 4.78 is 11.7. The van der Waals surface area contributed by atoms with E-state index in [0.717, 1.165) is 28.0 Å². The van der Waals surface area contributed by atoms with E-state index in [0.29, 0.717) is 18.4 Å². The molecule has 0 aliphatic carbocycles. The van der Waals surface area contributed by atoms with Gasteiger partial charge in [0.05, 0.1) is 0 Å². The molecule has 4 rings (SSSR count). The van der Waals surface area contributed by atoms with Gasteiger partial charge in [0.1, 0.15) is 17.9 Å². The molecular weight excluding hydrogens is 322 g/mol. The molecule has 26 heavy (non-hydrogen) atoms. The highest BCUT2D eigenvalue weighted by Crippen LogP contribution is 2.28. The first-order valence-corrected chi connectivity index (χ1v) is 8.87. The Labute approximate surface area is 153 Å². The summed E-state index contributed by atoms with van der Waals surface area (Å²) in [6.07, 6.45) is 0. The van der Waals surface area contributed by atoms with Gasteiger partial charge in [0.2, 0.25) is 5.89 Å². The van der Waals surface area contributed by atoms with Crippen LogP contribution in [0.25, 0.3) is 22.6 Å². The van der Waals surface area contributed by atoms with Crippen molar-refractivity contribution < 1.29 is 9.15 Å². The SMILES string of the molecule is CC(C)c1ccc2oc(-c3ccc(OCc4ccccc4)cc3)nc2c1. The van der Waals surface area contributed by atoms with Gasteiger partial charge >= 0.3 is 0 Å². The molecule has 130 valence electrons. The Morgan fingerprint density at radius 2 is 1.69 bits per heavy atom. The number of oxazole rings is 1. The second-order valence-electron chi connectivity index (χ2n) is 6.70. The first-order valence-electron chi connectivity index (χ1n) is 8.87. The molecule has 0 atom stereocenters. The van der Waals surface area contributed by atoms with Gasteiger partial charge in [-0.3, -0.25) is 0 Å². The van der Waals surface area contributed by atoms with Crippen LogP contribution in [0.5, 0.6) is 5.75 Å². The lowest BCUT2D eigenvalue weighted by molar-refractivity contribution is 0.306. The third-order valence-corrected chi connectivity index (χ3v) is 4.43. The van der Waals surface area contributed by atoms with Crippen molar-refractivity contribution in [2.24, 2.45) is 0 Å². The maximum atomic E-state index is 5.91. The Morgan fingerprint density at radius 1 is 0.923 bits per heavy atom. The smallest absolute Gasteiger partial charge is 0.227 e. The zero-order valence-corrected chi connectivity index (χ0v) is 15.0. The predicted octanol–water partition coefficient (Wildman–Crippen LogP) is 6.20. The van der Waals surface area contributed by atoms with Crippen molar-refractivity contribution in [3.63, 3.8) is 0 Å². The summed E-state index contributed by atoms with van der Waals surface area (Å²) in [5.74, 6) is 1.94. The number of aromatic nitrogens is 1. The van der Waals surface area contributed by atoms with Crippen molar-refractivity contribution in [1.82, 2.24) is 4.98 Å². The van der Waals surface area contributed by atoms with Crippen LogP contribution in [0.2, 0.25) is 0 Å². The first kappa shape index (κ1) is 16.4. The van der Waals surface area contributed by atoms with Crippen LogP contribution in [0.3, 0.4) is 0 Å². The Hall–Kier alpha value is -3.07. The molecule has 0 aliphatic heterocycles. The topological polar surface area (TPSA) is 35.3 Å². The van der Waals surface area contributed by atoms with E-state index in [1.165, 1.54) is 5.56 Å². The standard InChI is InChI=1S/C23H21NO2/c1-16(2)19-10-13-22-21(14-19)24-23(26-22)18-8-11-20(12-9-18)25-15-17-6-4-3-5-7-17/h3-14,16H,15H2,1-2H3. The fraction of sp³-hybridized carbons (Fsp3) is 0.174. The van der Waals surface area contributed by atoms with Gasteiger partial charge in [0.15, 0.2) is 5.58 Å². The van der Waals surface area contributed by atoms with Gasteiger partial charge in [0.25, 0.3) is 0 Å². The van der Waals surface area contributed by atoms with E-state index in [9.17, 15) is 0 Å². The molecule has 0 spiro atoms. The summed E-state index contributed by atoms with van der Waals surface area (Å²) in [4.78, 5) is 4.64. The van der Waals surface area contributed by atoms with Gasteiger partial charge in [-0.05, 0) is 53.4 Å². The largest absolute Gasteiger partial charge is 0.489 e. The molecule has 0 aliphatic rings. The Bertz CT molecular complexity index is 1000. The lowest BCUT2D eigenvalue weighted by Gasteiger charge is -2.06. The van der Waals surface area contributed by atoms with Crippen LogP contribution in [0.4, 0.5) is 0 Å². The number of benzene rings is 3. The van der Waals surface area contributed by atoms with E-state index in [-0.39, 0.29) is 0 Å². The summed E-state index contributed by atoms with van der Waals surface area (Å²) >= 11 is 0. The highest BCUT2D eigenvalue weighted by molar-refractivity contribution is 5.77. The summed E-state index contributed by atoms with van der Waals surface area (Å²) in [7, 11) is 0. The van der Waals surface area contributed by atoms with Crippen LogP contribution in [0, 0.1) is 0 Å². The van der Waals surface area contributed by atoms with Crippen molar-refractivity contribution in [2.75, 3.05) is 0 Å². The van der Waals surface area contributed by atoms with E-state index in [4.69, 9.17) is 9.15 Å². The van der Waals surface area contributed by atoms with E-state index in [2.05, 4.69) is 43.1 Å². The number of ether oxygens (including phenoxy) is 1. The Morgan fingerprint density at radius 3 is 2.42 bits per heavy atom. The van der Waals surface area contributed by atoms with Crippen molar-refractivity contribution in [3.8, 4) is 17.2 Å². The van der Waals surface area contributed by atoms with Gasteiger partial charge in [-0.2, -0.15) is 0 Å². The molecule has 0 saturated carbocycles. The predicted molar refractivity (Wildman–Crippen MR) is 104 cm³/mol. The van der Waals surface area contributed by atoms with E-state index < -0.39 is 0 Å². The Kier molecular flexibility index (Phi) is 4.44. The zero-order valence-electron chi connectivity index (χ0n) is 15.0. The molecule has 0 unspecified atom stereocenters. The quantitative estimate of drug-likeness (QED) is 0.433. The second kappa shape index (κ2) is 7.04. The highest BCUT2D eigenvalue weighted by atomic mass is 16.5. The third-order valence-electron chi connectivity index (χ3n) is 4.43. The summed E-state index contributed by atoms with van der Waals surface area (Å²) in [5.41, 5.74) is 5.07. The van der Waals surface area contributed by atoms with Crippen LogP contribution in [0.15, 0.2) is 77.2 Å². The first-order chi connectivity index (χ1) is 12.7. The molecule has 3 aromatic carbocycles. The normalized spacial score (nSPS) is 11.2. The summed E-state index contributed by atoms with van der Waals surface area (Å²) in [6, 6.07) is 24.2. The van der Waals surface area contributed by atoms with Crippen molar-refractivity contribution in [2.45, 2.75) is 26.4 Å². The molecule has 0 N–H and O–H groups in total. The van der Waals surface area contributed by atoms with Crippen LogP contribution in [0.1, 0.15) is 30.9 Å². The number of hydrogen-bond donors (Lipinski definition) is 0. The van der Waals surface area contributed by atoms with Crippen LogP contribution in [-0.4, -0.2) is 4.98 Å². The van der Waals surface area contributed by atoms with Crippen LogP contribution >= 0.6 is 0 Å². The molecule has 0 amide bonds. The van der Waals surface area contributed by atoms with E-state index >= 15 is 0 Å². The molecule has 0 fully saturated rings. The van der Waals surface area contributed by atoms with E-state index in [1.807, 2.05) is 48.5 Å². The molecule has 3 nitrogen and oxygen atoms in total. The summed E-state index contributed by atoms with van der Waals surface area (Å²) in [5, 5.41) is 0. The minimum Gasteiger partial charge on any atom is -0.489 e. The molecule has 1 heterocycles. The molecule has 1 aromatic heterocycles. The van der Waals surface area contributed by atoms with Gasteiger partial charge in [-0.25, -0.2) is 4.98 Å². The van der Waals surface area contributed by atoms with Crippen molar-refractivity contribution in [1.29, 1.82) is 0 Å². The number of fused-ring (bicyclic) bond motifs is 1. The fourth-order valence-corrected chi connectivity index (χ4v) is 2.86. The molecule has 0 saturated heterocycles. The monoisotopic (exact) mass is 343 g/mol. The minimum absolute atomic E-state index is 0.473. The van der Waals surface area contributed by atoms with Gasteiger partial charge in [-0.15, -0.1) is 0 Å². The maximum absolute atomic E-state index is 5.91. The second-order valence-corrected chi connectivity index (χ2v) is 6.70. The summed E-state index contributed by atoms with van der Waals surface area (Å²) in [6.45, 7) is 4.91. The molecule has 0 radical (unpaired) electrons. The highest BCUT2D eigenvalue weighted by Gasteiger charge is 2.10. The van der Waals surface area contributed by atoms with Crippen LogP contribution < -0.4 is 4.74 Å². The number of rotatable bonds is 5. The minimum atomic E-state index is 0.473. The van der Waals surface area contributed by atoms with Gasteiger partial charge in [0, 0.05) is 5.56 Å². The third kappa shape index (κ3) is 3.47. The lowest BCUT2D eigenvalue weighted by Crippen LogP contribution is -1.94.